The van der Waals surface area contributed by atoms with Crippen molar-refractivity contribution in [1.29, 1.82) is 0 Å². The van der Waals surface area contributed by atoms with E-state index in [-0.39, 0.29) is 12.2 Å². The van der Waals surface area contributed by atoms with Crippen LogP contribution in [-0.2, 0) is 14.3 Å². The van der Waals surface area contributed by atoms with Gasteiger partial charge in [-0.15, -0.1) is 0 Å². The lowest BCUT2D eigenvalue weighted by atomic mass is 10.0. The first kappa shape index (κ1) is 13.8. The molecule has 0 heterocycles. The number of carbonyl (C=O) groups excluding carboxylic acids is 2. The van der Waals surface area contributed by atoms with Gasteiger partial charge < -0.3 is 9.53 Å². The van der Waals surface area contributed by atoms with Gasteiger partial charge in [0.1, 0.15) is 12.2 Å². The van der Waals surface area contributed by atoms with E-state index >= 15 is 0 Å². The van der Waals surface area contributed by atoms with Crippen molar-refractivity contribution in [1.82, 2.24) is 0 Å². The van der Waals surface area contributed by atoms with Crippen molar-refractivity contribution < 1.29 is 23.6 Å². The second-order valence-corrected chi connectivity index (χ2v) is 3.33. The maximum atomic E-state index is 13.3. The third kappa shape index (κ3) is 2.88. The maximum Gasteiger partial charge on any atom is 0.320 e. The molecule has 0 spiro atoms. The van der Waals surface area contributed by atoms with E-state index in [4.69, 9.17) is 0 Å². The molecule has 7 heteroatoms. The van der Waals surface area contributed by atoms with Gasteiger partial charge in [-0.25, -0.2) is 0 Å². The van der Waals surface area contributed by atoms with Crippen LogP contribution in [0, 0.1) is 15.9 Å². The van der Waals surface area contributed by atoms with Gasteiger partial charge >= 0.3 is 11.7 Å². The minimum atomic E-state index is -1.28. The molecule has 96 valence electrons. The van der Waals surface area contributed by atoms with Gasteiger partial charge in [-0.2, -0.15) is 4.39 Å². The molecule has 0 saturated heterocycles. The predicted molar refractivity (Wildman–Crippen MR) is 58.5 cm³/mol. The number of carbonyl (C=O) groups is 2. The number of aldehydes is 1. The molecule has 1 atom stereocenters. The van der Waals surface area contributed by atoms with Crippen LogP contribution in [0.3, 0.4) is 0 Å². The molecule has 0 aliphatic carbocycles. The summed E-state index contributed by atoms with van der Waals surface area (Å²) in [6, 6.07) is 2.84. The highest BCUT2D eigenvalue weighted by Gasteiger charge is 2.24. The molecule has 0 fully saturated rings. The Labute approximate surface area is 102 Å². The van der Waals surface area contributed by atoms with E-state index in [1.54, 1.807) is 6.92 Å². The standard InChI is InChI=1S/C11H10FNO5/c1-2-18-11(15)8(6-14)7-3-4-10(13(16)17)9(12)5-7/h3-6,8H,2H2,1H3. The minimum Gasteiger partial charge on any atom is -0.465 e. The first-order valence-corrected chi connectivity index (χ1v) is 5.07. The van der Waals surface area contributed by atoms with Crippen LogP contribution in [0.5, 0.6) is 0 Å². The van der Waals surface area contributed by atoms with Crippen molar-refractivity contribution in [2.24, 2.45) is 0 Å². The number of esters is 1. The Bertz CT molecular complexity index is 488. The molecule has 1 aromatic carbocycles. The third-order valence-corrected chi connectivity index (χ3v) is 2.20. The van der Waals surface area contributed by atoms with Gasteiger partial charge in [0.15, 0.2) is 0 Å². The van der Waals surface area contributed by atoms with E-state index in [0.717, 1.165) is 18.2 Å². The van der Waals surface area contributed by atoms with E-state index in [1.165, 1.54) is 0 Å². The van der Waals surface area contributed by atoms with Gasteiger partial charge in [-0.05, 0) is 18.6 Å². The van der Waals surface area contributed by atoms with Crippen molar-refractivity contribution in [3.63, 3.8) is 0 Å². The third-order valence-electron chi connectivity index (χ3n) is 2.20. The molecular formula is C11H10FNO5. The Morgan fingerprint density at radius 3 is 2.72 bits per heavy atom. The predicted octanol–water partition coefficient (Wildman–Crippen LogP) is 1.58. The van der Waals surface area contributed by atoms with Gasteiger partial charge in [0, 0.05) is 6.07 Å². The number of benzene rings is 1. The fourth-order valence-corrected chi connectivity index (χ4v) is 1.37. The summed E-state index contributed by atoms with van der Waals surface area (Å²) >= 11 is 0. The molecule has 0 amide bonds. The Balaban J connectivity index is 3.08. The molecule has 18 heavy (non-hydrogen) atoms. The lowest BCUT2D eigenvalue weighted by molar-refractivity contribution is -0.387. The van der Waals surface area contributed by atoms with E-state index in [2.05, 4.69) is 4.74 Å². The molecule has 6 nitrogen and oxygen atoms in total. The summed E-state index contributed by atoms with van der Waals surface area (Å²) < 4.78 is 18.0. The molecule has 0 aromatic heterocycles. The summed E-state index contributed by atoms with van der Waals surface area (Å²) in [6.07, 6.45) is 0.304. The second kappa shape index (κ2) is 5.85. The molecule has 0 bridgehead atoms. The molecular weight excluding hydrogens is 245 g/mol. The second-order valence-electron chi connectivity index (χ2n) is 3.33. The largest absolute Gasteiger partial charge is 0.465 e. The fourth-order valence-electron chi connectivity index (χ4n) is 1.37. The Morgan fingerprint density at radius 1 is 1.61 bits per heavy atom. The van der Waals surface area contributed by atoms with E-state index in [0.29, 0.717) is 6.29 Å². The zero-order valence-corrected chi connectivity index (χ0v) is 9.46. The summed E-state index contributed by atoms with van der Waals surface area (Å²) in [7, 11) is 0. The number of nitro groups is 1. The number of nitrogens with zero attached hydrogens (tertiary/aromatic N) is 1. The lowest BCUT2D eigenvalue weighted by Gasteiger charge is -2.09. The van der Waals surface area contributed by atoms with Crippen LogP contribution in [0.4, 0.5) is 10.1 Å². The van der Waals surface area contributed by atoms with Gasteiger partial charge in [0.2, 0.25) is 5.82 Å². The number of hydrogen-bond acceptors (Lipinski definition) is 5. The lowest BCUT2D eigenvalue weighted by Crippen LogP contribution is -2.17. The zero-order chi connectivity index (χ0) is 13.7. The quantitative estimate of drug-likeness (QED) is 0.262. The topological polar surface area (TPSA) is 86.5 Å². The average Bonchev–Trinajstić information content (AvgIpc) is 2.29. The maximum absolute atomic E-state index is 13.3. The van der Waals surface area contributed by atoms with Crippen LogP contribution < -0.4 is 0 Å². The van der Waals surface area contributed by atoms with Crippen LogP contribution in [0.25, 0.3) is 0 Å². The Morgan fingerprint density at radius 2 is 2.28 bits per heavy atom. The summed E-state index contributed by atoms with van der Waals surface area (Å²) in [4.78, 5) is 31.7. The molecule has 1 aromatic rings. The monoisotopic (exact) mass is 255 g/mol. The molecule has 1 rings (SSSR count). The summed E-state index contributed by atoms with van der Waals surface area (Å²) in [5.41, 5.74) is -0.696. The fraction of sp³-hybridized carbons (Fsp3) is 0.273. The smallest absolute Gasteiger partial charge is 0.320 e. The van der Waals surface area contributed by atoms with Crippen LogP contribution >= 0.6 is 0 Å². The molecule has 0 saturated carbocycles. The molecule has 0 aliphatic rings. The van der Waals surface area contributed by atoms with Crippen LogP contribution in [0.1, 0.15) is 18.4 Å². The SMILES string of the molecule is CCOC(=O)C(C=O)c1ccc([N+](=O)[O-])c(F)c1. The highest BCUT2D eigenvalue weighted by Crippen LogP contribution is 2.23. The van der Waals surface area contributed by atoms with Crippen LogP contribution in [-0.4, -0.2) is 23.8 Å². The Hall–Kier alpha value is -2.31. The zero-order valence-electron chi connectivity index (χ0n) is 9.46. The average molecular weight is 255 g/mol. The summed E-state index contributed by atoms with van der Waals surface area (Å²) in [6.45, 7) is 1.65. The molecule has 0 N–H and O–H groups in total. The first-order valence-electron chi connectivity index (χ1n) is 5.07. The van der Waals surface area contributed by atoms with Crippen LogP contribution in [0.15, 0.2) is 18.2 Å². The van der Waals surface area contributed by atoms with E-state index in [9.17, 15) is 24.1 Å². The number of rotatable bonds is 5. The van der Waals surface area contributed by atoms with Crippen molar-refractivity contribution in [3.8, 4) is 0 Å². The highest BCUT2D eigenvalue weighted by atomic mass is 19.1. The van der Waals surface area contributed by atoms with Gasteiger partial charge in [-0.3, -0.25) is 14.9 Å². The number of ether oxygens (including phenoxy) is 1. The van der Waals surface area contributed by atoms with Gasteiger partial charge in [-0.1, -0.05) is 6.07 Å². The summed E-state index contributed by atoms with van der Waals surface area (Å²) in [5, 5.41) is 10.4. The first-order chi connectivity index (χ1) is 8.51. The number of hydrogen-bond donors (Lipinski definition) is 0. The highest BCUT2D eigenvalue weighted by molar-refractivity contribution is 5.94. The molecule has 0 radical (unpaired) electrons. The normalized spacial score (nSPS) is 11.7. The molecule has 1 unspecified atom stereocenters. The van der Waals surface area contributed by atoms with Gasteiger partial charge in [0.05, 0.1) is 11.5 Å². The van der Waals surface area contributed by atoms with Crippen molar-refractivity contribution >= 4 is 17.9 Å². The van der Waals surface area contributed by atoms with Crippen molar-refractivity contribution in [2.45, 2.75) is 12.8 Å². The number of halogens is 1. The summed E-state index contributed by atoms with van der Waals surface area (Å²) in [5.74, 6) is -3.20. The molecule has 0 aliphatic heterocycles. The van der Waals surface area contributed by atoms with Gasteiger partial charge in [0.25, 0.3) is 0 Å². The van der Waals surface area contributed by atoms with E-state index in [1.807, 2.05) is 0 Å². The minimum absolute atomic E-state index is 0.0200. The van der Waals surface area contributed by atoms with Crippen LogP contribution in [0.2, 0.25) is 0 Å². The van der Waals surface area contributed by atoms with Crippen molar-refractivity contribution in [3.05, 3.63) is 39.7 Å². The van der Waals surface area contributed by atoms with E-state index < -0.39 is 28.3 Å². The Kier molecular flexibility index (Phi) is 4.47. The number of nitro benzene ring substituents is 1. The van der Waals surface area contributed by atoms with Crippen molar-refractivity contribution in [2.75, 3.05) is 6.61 Å².